The van der Waals surface area contributed by atoms with Crippen molar-refractivity contribution in [1.29, 1.82) is 0 Å². The number of hydrogen-bond donors (Lipinski definition) is 6. The molecule has 26 heteroatoms. The molecule has 2 aliphatic heterocycles. The Bertz CT molecular complexity index is 1210. The zero-order chi connectivity index (χ0) is 45.9. The van der Waals surface area contributed by atoms with Gasteiger partial charge in [0.25, 0.3) is 0 Å². The minimum atomic E-state index is -1.74. The number of carboxylic acids is 6. The van der Waals surface area contributed by atoms with Crippen LogP contribution in [0.25, 0.3) is 0 Å². The zero-order valence-corrected chi connectivity index (χ0v) is 41.5. The zero-order valence-electron chi connectivity index (χ0n) is 37.0. The molecule has 0 radical (unpaired) electrons. The molecule has 0 amide bonds. The molecule has 0 bridgehead atoms. The Kier molecular flexibility index (Phi) is 36.4. The minimum absolute atomic E-state index is 0. The second-order valence-corrected chi connectivity index (χ2v) is 15.2. The fourth-order valence-electron chi connectivity index (χ4n) is 7.36. The molecule has 0 aromatic rings. The summed E-state index contributed by atoms with van der Waals surface area (Å²) in [5.74, 6) is -7.43. The Morgan fingerprint density at radius 3 is 0.828 bits per heavy atom. The van der Waals surface area contributed by atoms with Gasteiger partial charge in [0.2, 0.25) is 0 Å². The predicted octanol–water partition coefficient (Wildman–Crippen LogP) is -4.00. The van der Waals surface area contributed by atoms with Crippen LogP contribution < -0.4 is 0 Å². The summed E-state index contributed by atoms with van der Waals surface area (Å²) in [6.07, 6.45) is 0. The molecule has 6 N–H and O–H groups in total. The van der Waals surface area contributed by atoms with E-state index in [4.69, 9.17) is 18.9 Å². The number of carbonyl (C=O) groups is 6. The second-order valence-electron chi connectivity index (χ2n) is 15.2. The summed E-state index contributed by atoms with van der Waals surface area (Å²) < 4.78 is 21.3. The van der Waals surface area contributed by atoms with Crippen molar-refractivity contribution in [2.45, 2.75) is 12.1 Å². The van der Waals surface area contributed by atoms with Crippen LogP contribution in [0.15, 0.2) is 0 Å². The molecule has 2 aliphatic rings. The number of carboxylic acid groups (broad SMARTS) is 6. The molecule has 2 unspecified atom stereocenters. The quantitative estimate of drug-likeness (QED) is 0.0475. The van der Waals surface area contributed by atoms with Crippen LogP contribution in [-0.4, -0.2) is 316 Å². The minimum Gasteiger partial charge on any atom is -0.480 e. The van der Waals surface area contributed by atoms with E-state index in [2.05, 4.69) is 0 Å². The van der Waals surface area contributed by atoms with Gasteiger partial charge in [-0.15, -0.1) is 0 Å². The summed E-state index contributed by atoms with van der Waals surface area (Å²) >= 11 is 0. The molecule has 2 rings (SSSR count). The summed E-state index contributed by atoms with van der Waals surface area (Å²) in [5, 5.41) is 60.9. The summed E-state index contributed by atoms with van der Waals surface area (Å²) in [7, 11) is 3.12. The number of aliphatic carboxylic acids is 6. The van der Waals surface area contributed by atoms with Crippen LogP contribution in [0.3, 0.4) is 0 Å². The molecule has 24 nitrogen and oxygen atoms in total. The van der Waals surface area contributed by atoms with Crippen molar-refractivity contribution in [3.8, 4) is 0 Å². The predicted molar refractivity (Wildman–Crippen MR) is 221 cm³/mol. The third-order valence-electron chi connectivity index (χ3n) is 10.7. The summed E-state index contributed by atoms with van der Waals surface area (Å²) in [4.78, 5) is 88.2. The van der Waals surface area contributed by atoms with E-state index in [1.165, 1.54) is 9.80 Å². The van der Waals surface area contributed by atoms with Gasteiger partial charge < -0.3 is 49.6 Å². The molecule has 64 heavy (non-hydrogen) atoms. The van der Waals surface area contributed by atoms with Crippen molar-refractivity contribution in [3.63, 3.8) is 0 Å². The van der Waals surface area contributed by atoms with Gasteiger partial charge in [-0.2, -0.15) is 0 Å². The third kappa shape index (κ3) is 27.7. The van der Waals surface area contributed by atoms with Crippen LogP contribution in [0.4, 0.5) is 0 Å². The van der Waals surface area contributed by atoms with Crippen LogP contribution in [0.1, 0.15) is 0 Å². The molecule has 2 saturated heterocycles. The first-order chi connectivity index (χ1) is 29.6. The fourth-order valence-corrected chi connectivity index (χ4v) is 7.36. The van der Waals surface area contributed by atoms with Gasteiger partial charge in [-0.05, 0) is 0 Å². The standard InChI is InChI=1S/C38H70N8O16.2Gd/c1-59-23-25-61-21-19-39-3-7-41(27-31(47)48)11-15-45(16-12-42(8-4-39)28-32(49)50)35(37(55)56)36(38(57)58)46-17-13-43(29-33(51)52)9-5-40(20-22-62-26-24-60-2)6-10-44(14-18-46)30-34(53)54;;/h35-36H,3-30H2,1-2H3,(H,47,48)(H,49,50)(H,51,52)(H,53,54)(H,55,56)(H,57,58);;. The maximum Gasteiger partial charge on any atom is 0.323 e. The Labute approximate surface area is 439 Å². The van der Waals surface area contributed by atoms with Crippen molar-refractivity contribution in [2.75, 3.05) is 198 Å². The van der Waals surface area contributed by atoms with Crippen molar-refractivity contribution >= 4 is 35.8 Å². The number of ether oxygens (including phenoxy) is 4. The average Bonchev–Trinajstić information content (AvgIpc) is 3.18. The van der Waals surface area contributed by atoms with E-state index in [1.807, 2.05) is 9.80 Å². The third-order valence-corrected chi connectivity index (χ3v) is 10.7. The van der Waals surface area contributed by atoms with Gasteiger partial charge in [0.1, 0.15) is 12.1 Å². The first kappa shape index (κ1) is 63.0. The maximum atomic E-state index is 13.4. The van der Waals surface area contributed by atoms with Gasteiger partial charge in [-0.1, -0.05) is 0 Å². The van der Waals surface area contributed by atoms with Crippen LogP contribution in [-0.2, 0) is 47.7 Å². The van der Waals surface area contributed by atoms with E-state index in [0.29, 0.717) is 78.9 Å². The second kappa shape index (κ2) is 37.0. The van der Waals surface area contributed by atoms with E-state index in [9.17, 15) is 59.4 Å². The Hall–Kier alpha value is -1.01. The van der Waals surface area contributed by atoms with E-state index in [0.717, 1.165) is 0 Å². The van der Waals surface area contributed by atoms with E-state index in [1.54, 1.807) is 33.8 Å². The smallest absolute Gasteiger partial charge is 0.323 e. The monoisotopic (exact) mass is 1210 g/mol. The molecule has 2 atom stereocenters. The largest absolute Gasteiger partial charge is 0.480 e. The van der Waals surface area contributed by atoms with Crippen molar-refractivity contribution in [1.82, 2.24) is 39.2 Å². The molecular weight excluding hydrogens is 1140 g/mol. The fraction of sp³-hybridized carbons (Fsp3) is 0.842. The molecule has 2 fully saturated rings. The number of hydrogen-bond acceptors (Lipinski definition) is 18. The summed E-state index contributed by atoms with van der Waals surface area (Å²) in [6, 6.07) is -3.48. The molecule has 0 aromatic carbocycles. The van der Waals surface area contributed by atoms with Gasteiger partial charge in [-0.3, -0.25) is 68.0 Å². The Balaban J connectivity index is 0.0000198. The van der Waals surface area contributed by atoms with Crippen LogP contribution in [0, 0.1) is 79.9 Å². The molecule has 0 spiro atoms. The maximum absolute atomic E-state index is 13.4. The summed E-state index contributed by atoms with van der Waals surface area (Å²) in [5.41, 5.74) is 0. The van der Waals surface area contributed by atoms with E-state index in [-0.39, 0.29) is 185 Å². The SMILES string of the molecule is COCCOCCN1CCN(CC(=O)O)CCN(C(C(=O)O)C(C(=O)O)N2CCN(CC(=O)O)CCN(CCOCCOC)CCN(CC(=O)O)CC2)CCN(CC(=O)O)CC1.[Gd].[Gd]. The van der Waals surface area contributed by atoms with Crippen molar-refractivity contribution in [2.24, 2.45) is 0 Å². The van der Waals surface area contributed by atoms with Crippen molar-refractivity contribution in [3.05, 3.63) is 0 Å². The van der Waals surface area contributed by atoms with Gasteiger partial charge in [0, 0.05) is 212 Å². The Morgan fingerprint density at radius 2 is 0.609 bits per heavy atom. The van der Waals surface area contributed by atoms with E-state index < -0.39 is 47.9 Å². The molecule has 374 valence electrons. The molecule has 0 aliphatic carbocycles. The first-order valence-corrected chi connectivity index (χ1v) is 20.9. The van der Waals surface area contributed by atoms with Gasteiger partial charge >= 0.3 is 35.8 Å². The summed E-state index contributed by atoms with van der Waals surface area (Å²) in [6.45, 7) is 4.04. The first-order valence-electron chi connectivity index (χ1n) is 20.9. The van der Waals surface area contributed by atoms with Gasteiger partial charge in [0.05, 0.1) is 65.8 Å². The number of methoxy groups -OCH3 is 2. The average molecular weight is 1210 g/mol. The molecule has 0 aromatic heterocycles. The number of rotatable bonds is 25. The van der Waals surface area contributed by atoms with Crippen LogP contribution >= 0.6 is 0 Å². The molecular formula is C38H70Gd2N8O16. The Morgan fingerprint density at radius 1 is 0.375 bits per heavy atom. The molecule has 0 saturated carbocycles. The molecule has 2 heterocycles. The normalized spacial score (nSPS) is 19.6. The van der Waals surface area contributed by atoms with Gasteiger partial charge in [0.15, 0.2) is 0 Å². The number of nitrogens with zero attached hydrogens (tertiary/aromatic N) is 8. The van der Waals surface area contributed by atoms with E-state index >= 15 is 0 Å². The topological polar surface area (TPSA) is 287 Å². The van der Waals surface area contributed by atoms with Crippen LogP contribution in [0.5, 0.6) is 0 Å². The van der Waals surface area contributed by atoms with Gasteiger partial charge in [-0.25, -0.2) is 0 Å². The van der Waals surface area contributed by atoms with Crippen LogP contribution in [0.2, 0.25) is 0 Å². The van der Waals surface area contributed by atoms with Crippen molar-refractivity contribution < 1.29 is 158 Å².